The first-order valence-corrected chi connectivity index (χ1v) is 11.4. The van der Waals surface area contributed by atoms with E-state index in [1.54, 1.807) is 4.90 Å². The predicted octanol–water partition coefficient (Wildman–Crippen LogP) is 1.97. The number of aliphatic hydroxyl groups excluding tert-OH is 2. The molecule has 176 valence electrons. The summed E-state index contributed by atoms with van der Waals surface area (Å²) in [5.74, 6) is -0.456. The number of rotatable bonds is 18. The van der Waals surface area contributed by atoms with Crippen molar-refractivity contribution in [2.75, 3.05) is 46.0 Å². The van der Waals surface area contributed by atoms with Gasteiger partial charge >= 0.3 is 5.97 Å². The Morgan fingerprint density at radius 2 is 1.40 bits per heavy atom. The van der Waals surface area contributed by atoms with Crippen LogP contribution in [-0.4, -0.2) is 83.8 Å². The van der Waals surface area contributed by atoms with E-state index in [1.165, 1.54) is 4.90 Å². The Hall–Kier alpha value is -1.67. The summed E-state index contributed by atoms with van der Waals surface area (Å²) in [5, 5.41) is 18.2. The van der Waals surface area contributed by atoms with Gasteiger partial charge in [0.15, 0.2) is 0 Å². The molecular formula is C22H42N2O6. The van der Waals surface area contributed by atoms with E-state index in [1.807, 2.05) is 13.8 Å². The number of carbonyl (C=O) groups excluding carboxylic acids is 3. The summed E-state index contributed by atoms with van der Waals surface area (Å²) in [6.07, 6.45) is 5.35. The summed E-state index contributed by atoms with van der Waals surface area (Å²) < 4.78 is 5.35. The van der Waals surface area contributed by atoms with Gasteiger partial charge in [-0.15, -0.1) is 0 Å². The molecular weight excluding hydrogens is 388 g/mol. The third-order valence-corrected chi connectivity index (χ3v) is 5.20. The highest BCUT2D eigenvalue weighted by Gasteiger charge is 2.19. The van der Waals surface area contributed by atoms with Crippen LogP contribution in [0.25, 0.3) is 0 Å². The second-order valence-corrected chi connectivity index (χ2v) is 7.42. The summed E-state index contributed by atoms with van der Waals surface area (Å²) in [7, 11) is 0. The third kappa shape index (κ3) is 12.1. The quantitative estimate of drug-likeness (QED) is 0.254. The van der Waals surface area contributed by atoms with Crippen molar-refractivity contribution in [3.63, 3.8) is 0 Å². The van der Waals surface area contributed by atoms with Gasteiger partial charge in [0.2, 0.25) is 11.8 Å². The Morgan fingerprint density at radius 1 is 0.833 bits per heavy atom. The maximum Gasteiger partial charge on any atom is 0.308 e. The molecule has 2 amide bonds. The van der Waals surface area contributed by atoms with Gasteiger partial charge in [0, 0.05) is 32.5 Å². The van der Waals surface area contributed by atoms with E-state index in [9.17, 15) is 19.5 Å². The zero-order chi connectivity index (χ0) is 22.8. The van der Waals surface area contributed by atoms with Crippen LogP contribution < -0.4 is 0 Å². The highest BCUT2D eigenvalue weighted by Crippen LogP contribution is 2.14. The first kappa shape index (κ1) is 28.3. The molecule has 1 unspecified atom stereocenters. The Balaban J connectivity index is 4.31. The van der Waals surface area contributed by atoms with Crippen molar-refractivity contribution >= 4 is 17.8 Å². The summed E-state index contributed by atoms with van der Waals surface area (Å²) in [5.41, 5.74) is 0. The number of hydrogen-bond acceptors (Lipinski definition) is 6. The minimum absolute atomic E-state index is 0.0216. The lowest BCUT2D eigenvalue weighted by Crippen LogP contribution is -2.37. The molecule has 0 saturated heterocycles. The number of esters is 1. The minimum atomic E-state index is -0.218. The smallest absolute Gasteiger partial charge is 0.308 e. The summed E-state index contributed by atoms with van der Waals surface area (Å²) in [4.78, 5) is 39.7. The molecule has 0 saturated carbocycles. The lowest BCUT2D eigenvalue weighted by molar-refractivity contribution is -0.150. The lowest BCUT2D eigenvalue weighted by atomic mass is 10.00. The molecule has 30 heavy (non-hydrogen) atoms. The van der Waals surface area contributed by atoms with Crippen LogP contribution in [0, 0.1) is 5.92 Å². The van der Waals surface area contributed by atoms with Crippen molar-refractivity contribution < 1.29 is 29.3 Å². The fourth-order valence-corrected chi connectivity index (χ4v) is 3.24. The Kier molecular flexibility index (Phi) is 17.1. The summed E-state index contributed by atoms with van der Waals surface area (Å²) in [6.45, 7) is 7.17. The van der Waals surface area contributed by atoms with Crippen LogP contribution in [0.5, 0.6) is 0 Å². The zero-order valence-corrected chi connectivity index (χ0v) is 19.1. The Labute approximate surface area is 181 Å². The average Bonchev–Trinajstić information content (AvgIpc) is 2.74. The number of aliphatic hydroxyl groups is 2. The van der Waals surface area contributed by atoms with Gasteiger partial charge in [-0.1, -0.05) is 26.7 Å². The van der Waals surface area contributed by atoms with E-state index < -0.39 is 0 Å². The second-order valence-electron chi connectivity index (χ2n) is 7.42. The molecule has 0 aromatic carbocycles. The highest BCUT2D eigenvalue weighted by atomic mass is 16.5. The molecule has 0 rings (SSSR count). The summed E-state index contributed by atoms with van der Waals surface area (Å²) >= 11 is 0. The maximum absolute atomic E-state index is 12.4. The molecule has 0 radical (unpaired) electrons. The zero-order valence-electron chi connectivity index (χ0n) is 19.1. The molecule has 0 aliphatic carbocycles. The van der Waals surface area contributed by atoms with Crippen LogP contribution in [0.1, 0.15) is 72.1 Å². The number of nitrogens with zero attached hydrogens (tertiary/aromatic N) is 2. The van der Waals surface area contributed by atoms with Crippen LogP contribution in [0.15, 0.2) is 0 Å². The van der Waals surface area contributed by atoms with Crippen molar-refractivity contribution in [2.45, 2.75) is 72.1 Å². The van der Waals surface area contributed by atoms with Crippen molar-refractivity contribution in [3.8, 4) is 0 Å². The van der Waals surface area contributed by atoms with Gasteiger partial charge in [0.25, 0.3) is 0 Å². The predicted molar refractivity (Wildman–Crippen MR) is 116 cm³/mol. The molecule has 8 nitrogen and oxygen atoms in total. The minimum Gasteiger partial charge on any atom is -0.464 e. The Morgan fingerprint density at radius 3 is 1.90 bits per heavy atom. The molecule has 0 aromatic heterocycles. The number of carbonyl (C=O) groups is 3. The van der Waals surface area contributed by atoms with Crippen LogP contribution in [0.4, 0.5) is 0 Å². The van der Waals surface area contributed by atoms with E-state index in [2.05, 4.69) is 6.92 Å². The molecule has 0 aromatic rings. The van der Waals surface area contributed by atoms with Crippen molar-refractivity contribution in [2.24, 2.45) is 5.92 Å². The fraction of sp³-hybridized carbons (Fsp3) is 0.864. The number of hydrogen-bond donors (Lipinski definition) is 2. The number of likely N-dealkylation sites (N-methyl/N-ethyl adjacent to an activating group) is 1. The van der Waals surface area contributed by atoms with E-state index >= 15 is 0 Å². The van der Waals surface area contributed by atoms with Crippen molar-refractivity contribution in [3.05, 3.63) is 0 Å². The monoisotopic (exact) mass is 430 g/mol. The van der Waals surface area contributed by atoms with Crippen molar-refractivity contribution in [1.29, 1.82) is 0 Å². The van der Waals surface area contributed by atoms with Gasteiger partial charge in [-0.2, -0.15) is 0 Å². The molecule has 0 heterocycles. The first-order valence-electron chi connectivity index (χ1n) is 11.4. The normalized spacial score (nSPS) is 11.8. The van der Waals surface area contributed by atoms with Gasteiger partial charge in [-0.25, -0.2) is 0 Å². The molecule has 0 aliphatic rings. The van der Waals surface area contributed by atoms with E-state index in [-0.39, 0.29) is 63.0 Å². The average molecular weight is 431 g/mol. The van der Waals surface area contributed by atoms with Crippen molar-refractivity contribution in [1.82, 2.24) is 9.80 Å². The van der Waals surface area contributed by atoms with Crippen LogP contribution >= 0.6 is 0 Å². The molecule has 0 bridgehead atoms. The molecule has 8 heteroatoms. The molecule has 0 fully saturated rings. The lowest BCUT2D eigenvalue weighted by Gasteiger charge is -2.23. The van der Waals surface area contributed by atoms with Crippen LogP contribution in [0.3, 0.4) is 0 Å². The SMILES string of the molecule is CCCCC(CC)C(=O)OCCN(CCO)C(=O)CCCCC(=O)N(CC)CCO. The molecule has 2 N–H and O–H groups in total. The standard InChI is InChI=1S/C22H42N2O6/c1-4-7-10-19(5-2)22(29)30-18-15-24(14-17-26)21(28)12-9-8-11-20(27)23(6-3)13-16-25/h19,25-26H,4-18H2,1-3H3. The number of ether oxygens (including phenoxy) is 1. The van der Waals surface area contributed by atoms with Gasteiger partial charge in [0.1, 0.15) is 6.61 Å². The highest BCUT2D eigenvalue weighted by molar-refractivity contribution is 5.77. The summed E-state index contributed by atoms with van der Waals surface area (Å²) in [6, 6.07) is 0. The van der Waals surface area contributed by atoms with Gasteiger partial charge in [0.05, 0.1) is 25.7 Å². The van der Waals surface area contributed by atoms with Gasteiger partial charge < -0.3 is 24.7 Å². The van der Waals surface area contributed by atoms with Gasteiger partial charge in [-0.05, 0) is 32.6 Å². The van der Waals surface area contributed by atoms with Gasteiger partial charge in [-0.3, -0.25) is 14.4 Å². The first-order chi connectivity index (χ1) is 14.4. The fourth-order valence-electron chi connectivity index (χ4n) is 3.24. The maximum atomic E-state index is 12.4. The molecule has 0 aliphatic heterocycles. The largest absolute Gasteiger partial charge is 0.464 e. The Bertz CT molecular complexity index is 486. The van der Waals surface area contributed by atoms with E-state index in [4.69, 9.17) is 9.84 Å². The second kappa shape index (κ2) is 18.1. The van der Waals surface area contributed by atoms with Crippen LogP contribution in [-0.2, 0) is 19.1 Å². The number of unbranched alkanes of at least 4 members (excludes halogenated alkanes) is 2. The molecule has 0 spiro atoms. The topological polar surface area (TPSA) is 107 Å². The van der Waals surface area contributed by atoms with Crippen LogP contribution in [0.2, 0.25) is 0 Å². The number of amides is 2. The molecule has 1 atom stereocenters. The van der Waals surface area contributed by atoms with E-state index in [0.717, 1.165) is 25.7 Å². The third-order valence-electron chi connectivity index (χ3n) is 5.20. The van der Waals surface area contributed by atoms with E-state index in [0.29, 0.717) is 32.4 Å².